The minimum absolute atomic E-state index is 0.294. The number of hydrogen-bond acceptors (Lipinski definition) is 2. The van der Waals surface area contributed by atoms with Crippen LogP contribution in [0.25, 0.3) is 10.9 Å². The fourth-order valence-electron chi connectivity index (χ4n) is 2.15. The van der Waals surface area contributed by atoms with Gasteiger partial charge in [-0.25, -0.2) is 0 Å². The summed E-state index contributed by atoms with van der Waals surface area (Å²) in [5.74, 6) is 0. The smallest absolute Gasteiger partial charge is 0.0649 e. The Balaban J connectivity index is 2.10. The van der Waals surface area contributed by atoms with E-state index in [1.807, 2.05) is 0 Å². The van der Waals surface area contributed by atoms with Gasteiger partial charge in [-0.05, 0) is 56.0 Å². The predicted octanol–water partition coefficient (Wildman–Crippen LogP) is 2.57. The maximum atomic E-state index is 5.59. The Morgan fingerprint density at radius 3 is 2.83 bits per heavy atom. The Hall–Kier alpha value is -1.32. The van der Waals surface area contributed by atoms with E-state index in [1.54, 1.807) is 0 Å². The summed E-state index contributed by atoms with van der Waals surface area (Å²) >= 11 is 0. The van der Waals surface area contributed by atoms with Crippen LogP contribution < -0.4 is 5.73 Å². The zero-order chi connectivity index (χ0) is 13.0. The molecular weight excluding hydrogens is 224 g/mol. The van der Waals surface area contributed by atoms with Crippen LogP contribution in [-0.2, 0) is 17.7 Å². The molecule has 3 heteroatoms. The van der Waals surface area contributed by atoms with Gasteiger partial charge >= 0.3 is 0 Å². The minimum atomic E-state index is 0.294. The maximum absolute atomic E-state index is 5.59. The molecule has 0 atom stereocenters. The van der Waals surface area contributed by atoms with E-state index in [1.165, 1.54) is 16.5 Å². The third kappa shape index (κ3) is 3.12. The first kappa shape index (κ1) is 13.1. The first-order valence-corrected chi connectivity index (χ1v) is 6.60. The fourth-order valence-corrected chi connectivity index (χ4v) is 2.15. The highest BCUT2D eigenvalue weighted by Gasteiger charge is 2.02. The number of fused-ring (bicyclic) bond motifs is 1. The van der Waals surface area contributed by atoms with E-state index >= 15 is 0 Å². The SMILES string of the molecule is CC(C)OCCn1ccc2cc(CCN)ccc21. The zero-order valence-electron chi connectivity index (χ0n) is 11.2. The molecule has 0 radical (unpaired) electrons. The molecule has 0 spiro atoms. The van der Waals surface area contributed by atoms with E-state index in [2.05, 4.69) is 48.9 Å². The number of aromatic nitrogens is 1. The van der Waals surface area contributed by atoms with Crippen LogP contribution in [0, 0.1) is 0 Å². The van der Waals surface area contributed by atoms with Crippen molar-refractivity contribution in [3.05, 3.63) is 36.0 Å². The Morgan fingerprint density at radius 2 is 2.11 bits per heavy atom. The number of ether oxygens (including phenoxy) is 1. The summed E-state index contributed by atoms with van der Waals surface area (Å²) in [4.78, 5) is 0. The van der Waals surface area contributed by atoms with E-state index in [9.17, 15) is 0 Å². The van der Waals surface area contributed by atoms with E-state index in [0.29, 0.717) is 12.6 Å². The van der Waals surface area contributed by atoms with Crippen molar-refractivity contribution in [2.24, 2.45) is 5.73 Å². The number of nitrogens with zero attached hydrogens (tertiary/aromatic N) is 1. The highest BCUT2D eigenvalue weighted by molar-refractivity contribution is 5.80. The van der Waals surface area contributed by atoms with Gasteiger partial charge in [-0.2, -0.15) is 0 Å². The van der Waals surface area contributed by atoms with Gasteiger partial charge in [-0.1, -0.05) is 6.07 Å². The molecule has 2 N–H and O–H groups in total. The van der Waals surface area contributed by atoms with E-state index in [-0.39, 0.29) is 0 Å². The third-order valence-electron chi connectivity index (χ3n) is 3.05. The van der Waals surface area contributed by atoms with Crippen LogP contribution in [0.15, 0.2) is 30.5 Å². The summed E-state index contributed by atoms with van der Waals surface area (Å²) in [5.41, 5.74) is 8.16. The van der Waals surface area contributed by atoms with Crippen molar-refractivity contribution in [2.45, 2.75) is 32.9 Å². The predicted molar refractivity (Wildman–Crippen MR) is 75.8 cm³/mol. The van der Waals surface area contributed by atoms with Crippen molar-refractivity contribution in [3.63, 3.8) is 0 Å². The van der Waals surface area contributed by atoms with Gasteiger partial charge < -0.3 is 15.0 Å². The van der Waals surface area contributed by atoms with Crippen molar-refractivity contribution >= 4 is 10.9 Å². The van der Waals surface area contributed by atoms with Crippen LogP contribution in [0.2, 0.25) is 0 Å². The average molecular weight is 246 g/mol. The molecule has 0 aliphatic heterocycles. The van der Waals surface area contributed by atoms with Gasteiger partial charge in [-0.3, -0.25) is 0 Å². The lowest BCUT2D eigenvalue weighted by Gasteiger charge is -2.09. The number of hydrogen-bond donors (Lipinski definition) is 1. The average Bonchev–Trinajstić information content (AvgIpc) is 2.72. The summed E-state index contributed by atoms with van der Waals surface area (Å²) in [6.07, 6.45) is 3.36. The van der Waals surface area contributed by atoms with Crippen LogP contribution in [-0.4, -0.2) is 23.8 Å². The van der Waals surface area contributed by atoms with Gasteiger partial charge in [0, 0.05) is 18.3 Å². The minimum Gasteiger partial charge on any atom is -0.377 e. The van der Waals surface area contributed by atoms with Crippen LogP contribution >= 0.6 is 0 Å². The summed E-state index contributed by atoms with van der Waals surface area (Å²) < 4.78 is 7.83. The normalized spacial score (nSPS) is 11.6. The van der Waals surface area contributed by atoms with Gasteiger partial charge in [-0.15, -0.1) is 0 Å². The quantitative estimate of drug-likeness (QED) is 0.851. The second-order valence-corrected chi connectivity index (χ2v) is 4.86. The molecule has 98 valence electrons. The molecule has 1 aromatic heterocycles. The molecule has 1 heterocycles. The van der Waals surface area contributed by atoms with Gasteiger partial charge in [0.1, 0.15) is 0 Å². The second kappa shape index (κ2) is 6.03. The molecule has 0 aliphatic carbocycles. The van der Waals surface area contributed by atoms with Crippen molar-refractivity contribution in [3.8, 4) is 0 Å². The Kier molecular flexibility index (Phi) is 4.39. The largest absolute Gasteiger partial charge is 0.377 e. The van der Waals surface area contributed by atoms with E-state index in [0.717, 1.165) is 19.6 Å². The first-order valence-electron chi connectivity index (χ1n) is 6.60. The molecule has 0 saturated carbocycles. The molecular formula is C15H22N2O. The van der Waals surface area contributed by atoms with Gasteiger partial charge in [0.15, 0.2) is 0 Å². The number of benzene rings is 1. The number of nitrogens with two attached hydrogens (primary N) is 1. The summed E-state index contributed by atoms with van der Waals surface area (Å²) in [7, 11) is 0. The van der Waals surface area contributed by atoms with Gasteiger partial charge in [0.25, 0.3) is 0 Å². The monoisotopic (exact) mass is 246 g/mol. The summed E-state index contributed by atoms with van der Waals surface area (Å²) in [6.45, 7) is 6.48. The Morgan fingerprint density at radius 1 is 1.28 bits per heavy atom. The summed E-state index contributed by atoms with van der Waals surface area (Å²) in [6, 6.07) is 8.72. The molecule has 18 heavy (non-hydrogen) atoms. The fraction of sp³-hybridized carbons (Fsp3) is 0.467. The van der Waals surface area contributed by atoms with Crippen molar-refractivity contribution < 1.29 is 4.74 Å². The molecule has 0 amide bonds. The van der Waals surface area contributed by atoms with E-state index in [4.69, 9.17) is 10.5 Å². The molecule has 0 unspecified atom stereocenters. The van der Waals surface area contributed by atoms with Gasteiger partial charge in [0.2, 0.25) is 0 Å². The van der Waals surface area contributed by atoms with Crippen LogP contribution in [0.1, 0.15) is 19.4 Å². The first-order chi connectivity index (χ1) is 8.70. The molecule has 0 saturated heterocycles. The molecule has 3 nitrogen and oxygen atoms in total. The Bertz CT molecular complexity index is 502. The van der Waals surface area contributed by atoms with Crippen LogP contribution in [0.3, 0.4) is 0 Å². The standard InChI is InChI=1S/C15H22N2O/c1-12(2)18-10-9-17-8-6-14-11-13(5-7-16)3-4-15(14)17/h3-4,6,8,11-12H,5,7,9-10,16H2,1-2H3. The highest BCUT2D eigenvalue weighted by Crippen LogP contribution is 2.18. The molecule has 1 aromatic carbocycles. The van der Waals surface area contributed by atoms with Crippen molar-refractivity contribution in [1.29, 1.82) is 0 Å². The molecule has 0 bridgehead atoms. The Labute approximate surface area is 109 Å². The second-order valence-electron chi connectivity index (χ2n) is 4.86. The van der Waals surface area contributed by atoms with Gasteiger partial charge in [0.05, 0.1) is 12.7 Å². The molecule has 2 rings (SSSR count). The van der Waals surface area contributed by atoms with Crippen molar-refractivity contribution in [2.75, 3.05) is 13.2 Å². The molecule has 2 aromatic rings. The number of rotatable bonds is 6. The lowest BCUT2D eigenvalue weighted by molar-refractivity contribution is 0.0733. The van der Waals surface area contributed by atoms with Crippen LogP contribution in [0.4, 0.5) is 0 Å². The highest BCUT2D eigenvalue weighted by atomic mass is 16.5. The lowest BCUT2D eigenvalue weighted by Crippen LogP contribution is -2.09. The third-order valence-corrected chi connectivity index (χ3v) is 3.05. The lowest BCUT2D eigenvalue weighted by atomic mass is 10.1. The summed E-state index contributed by atoms with van der Waals surface area (Å²) in [5, 5.41) is 1.28. The molecule has 0 fully saturated rings. The van der Waals surface area contributed by atoms with Crippen LogP contribution in [0.5, 0.6) is 0 Å². The molecule has 0 aliphatic rings. The zero-order valence-corrected chi connectivity index (χ0v) is 11.2. The maximum Gasteiger partial charge on any atom is 0.0649 e. The van der Waals surface area contributed by atoms with Crippen molar-refractivity contribution in [1.82, 2.24) is 4.57 Å². The van der Waals surface area contributed by atoms with E-state index < -0.39 is 0 Å². The topological polar surface area (TPSA) is 40.2 Å².